The molecule has 18 heavy (non-hydrogen) atoms. The van der Waals surface area contributed by atoms with E-state index >= 15 is 0 Å². The summed E-state index contributed by atoms with van der Waals surface area (Å²) in [6.07, 6.45) is 0. The van der Waals surface area contributed by atoms with E-state index in [1.54, 1.807) is 12.1 Å². The number of hydrogen-bond donors (Lipinski definition) is 1. The quantitative estimate of drug-likeness (QED) is 0.774. The maximum atomic E-state index is 12.2. The van der Waals surface area contributed by atoms with Gasteiger partial charge in [-0.25, -0.2) is 0 Å². The minimum atomic E-state index is -0.142. The van der Waals surface area contributed by atoms with Crippen molar-refractivity contribution in [3.8, 4) is 0 Å². The van der Waals surface area contributed by atoms with Crippen LogP contribution in [0.2, 0.25) is 5.02 Å². The molecule has 0 fully saturated rings. The van der Waals surface area contributed by atoms with E-state index in [4.69, 9.17) is 11.6 Å². The Labute approximate surface area is 124 Å². The van der Waals surface area contributed by atoms with Gasteiger partial charge in [0.2, 0.25) is 0 Å². The van der Waals surface area contributed by atoms with Gasteiger partial charge in [0.1, 0.15) is 0 Å². The fraction of sp³-hybridized carbons (Fsp3) is 0.0714. The van der Waals surface area contributed by atoms with E-state index in [1.165, 1.54) is 0 Å². The molecule has 0 aliphatic carbocycles. The number of carbonyl (C=O) groups excluding carboxylic acids is 1. The molecule has 2 aromatic rings. The highest BCUT2D eigenvalue weighted by Crippen LogP contribution is 2.20. The number of amides is 1. The van der Waals surface area contributed by atoms with Crippen molar-refractivity contribution in [2.75, 3.05) is 5.32 Å². The lowest BCUT2D eigenvalue weighted by molar-refractivity contribution is 0.102. The predicted octanol–water partition coefficient (Wildman–Crippen LogP) is 4.51. The Hall–Kier alpha value is -1.07. The summed E-state index contributed by atoms with van der Waals surface area (Å²) in [5.41, 5.74) is 2.44. The molecule has 92 valence electrons. The summed E-state index contributed by atoms with van der Waals surface area (Å²) in [6, 6.07) is 12.9. The number of para-hydroxylation sites is 1. The summed E-state index contributed by atoms with van der Waals surface area (Å²) >= 11 is 8.04. The van der Waals surface area contributed by atoms with Gasteiger partial charge in [-0.15, -0.1) is 0 Å². The number of halogens is 2. The Morgan fingerprint density at radius 1 is 1.22 bits per heavy atom. The highest BCUT2D eigenvalue weighted by atomic mass is 127. The first kappa shape index (κ1) is 13.4. The zero-order chi connectivity index (χ0) is 13.1. The van der Waals surface area contributed by atoms with Crippen molar-refractivity contribution in [3.63, 3.8) is 0 Å². The number of aryl methyl sites for hydroxylation is 1. The lowest BCUT2D eigenvalue weighted by Gasteiger charge is -2.09. The predicted molar refractivity (Wildman–Crippen MR) is 83.3 cm³/mol. The average molecular weight is 372 g/mol. The monoisotopic (exact) mass is 371 g/mol. The van der Waals surface area contributed by atoms with Crippen molar-refractivity contribution in [1.29, 1.82) is 0 Å². The zero-order valence-electron chi connectivity index (χ0n) is 9.71. The molecule has 0 heterocycles. The molecule has 4 heteroatoms. The maximum absolute atomic E-state index is 12.2. The topological polar surface area (TPSA) is 29.1 Å². The van der Waals surface area contributed by atoms with Crippen molar-refractivity contribution in [3.05, 3.63) is 62.2 Å². The van der Waals surface area contributed by atoms with Crippen molar-refractivity contribution in [1.82, 2.24) is 0 Å². The van der Waals surface area contributed by atoms with Crippen LogP contribution in [0.4, 0.5) is 5.69 Å². The van der Waals surface area contributed by atoms with Gasteiger partial charge in [0, 0.05) is 14.3 Å². The summed E-state index contributed by atoms with van der Waals surface area (Å²) in [5, 5.41) is 3.45. The van der Waals surface area contributed by atoms with Gasteiger partial charge in [0.05, 0.1) is 5.56 Å². The first-order valence-electron chi connectivity index (χ1n) is 5.40. The molecule has 0 unspecified atom stereocenters. The molecule has 1 N–H and O–H groups in total. The van der Waals surface area contributed by atoms with Crippen LogP contribution in [-0.2, 0) is 0 Å². The van der Waals surface area contributed by atoms with E-state index < -0.39 is 0 Å². The average Bonchev–Trinajstić information content (AvgIpc) is 2.35. The van der Waals surface area contributed by atoms with Gasteiger partial charge in [-0.2, -0.15) is 0 Å². The van der Waals surface area contributed by atoms with E-state index in [-0.39, 0.29) is 5.91 Å². The van der Waals surface area contributed by atoms with Gasteiger partial charge >= 0.3 is 0 Å². The number of nitrogens with one attached hydrogen (secondary N) is 1. The molecule has 2 nitrogen and oxygen atoms in total. The van der Waals surface area contributed by atoms with Crippen LogP contribution in [0.15, 0.2) is 42.5 Å². The van der Waals surface area contributed by atoms with E-state index in [1.807, 2.05) is 37.3 Å². The molecule has 0 radical (unpaired) electrons. The number of benzene rings is 2. The number of rotatable bonds is 2. The van der Waals surface area contributed by atoms with E-state index in [0.717, 1.165) is 14.8 Å². The molecule has 2 rings (SSSR count). The van der Waals surface area contributed by atoms with Crippen LogP contribution in [-0.4, -0.2) is 5.91 Å². The first-order chi connectivity index (χ1) is 8.58. The maximum Gasteiger partial charge on any atom is 0.256 e. The summed E-state index contributed by atoms with van der Waals surface area (Å²) in [5.74, 6) is -0.142. The molecule has 0 aliphatic heterocycles. The molecular formula is C14H11ClINO. The highest BCUT2D eigenvalue weighted by Gasteiger charge is 2.11. The van der Waals surface area contributed by atoms with Gasteiger partial charge in [0.25, 0.3) is 5.91 Å². The molecule has 2 aromatic carbocycles. The lowest BCUT2D eigenvalue weighted by atomic mass is 10.1. The van der Waals surface area contributed by atoms with Gasteiger partial charge in [-0.05, 0) is 59.3 Å². The SMILES string of the molecule is Cc1ccccc1NC(=O)c1cc(Cl)ccc1I. The van der Waals surface area contributed by atoms with Crippen LogP contribution < -0.4 is 5.32 Å². The third-order valence-corrected chi connectivity index (χ3v) is 3.74. The Bertz CT molecular complexity index is 598. The number of carbonyl (C=O) groups is 1. The smallest absolute Gasteiger partial charge is 0.256 e. The van der Waals surface area contributed by atoms with E-state index in [9.17, 15) is 4.79 Å². The number of anilines is 1. The van der Waals surface area contributed by atoms with Crippen LogP contribution in [0.5, 0.6) is 0 Å². The van der Waals surface area contributed by atoms with E-state index in [2.05, 4.69) is 27.9 Å². The third-order valence-electron chi connectivity index (χ3n) is 2.57. The second-order valence-electron chi connectivity index (χ2n) is 3.89. The minimum Gasteiger partial charge on any atom is -0.322 e. The molecule has 0 aliphatic rings. The minimum absolute atomic E-state index is 0.142. The second kappa shape index (κ2) is 5.71. The summed E-state index contributed by atoms with van der Waals surface area (Å²) in [6.45, 7) is 1.96. The molecule has 0 atom stereocenters. The van der Waals surface area contributed by atoms with Crippen LogP contribution in [0.25, 0.3) is 0 Å². The van der Waals surface area contributed by atoms with Crippen molar-refractivity contribution < 1.29 is 4.79 Å². The van der Waals surface area contributed by atoms with Gasteiger partial charge < -0.3 is 5.32 Å². The molecule has 0 aromatic heterocycles. The lowest BCUT2D eigenvalue weighted by Crippen LogP contribution is -2.14. The van der Waals surface area contributed by atoms with Crippen molar-refractivity contribution in [2.45, 2.75) is 6.92 Å². The Morgan fingerprint density at radius 3 is 2.67 bits per heavy atom. The molecule has 0 saturated heterocycles. The number of hydrogen-bond acceptors (Lipinski definition) is 1. The van der Waals surface area contributed by atoms with Gasteiger partial charge in [0.15, 0.2) is 0 Å². The Kier molecular flexibility index (Phi) is 4.24. The molecule has 0 saturated carbocycles. The summed E-state index contributed by atoms with van der Waals surface area (Å²) < 4.78 is 0.878. The molecule has 0 spiro atoms. The standard InChI is InChI=1S/C14H11ClINO/c1-9-4-2-3-5-13(9)17-14(18)11-8-10(15)6-7-12(11)16/h2-8H,1H3,(H,17,18). The molecule has 1 amide bonds. The summed E-state index contributed by atoms with van der Waals surface area (Å²) in [7, 11) is 0. The van der Waals surface area contributed by atoms with Crippen LogP contribution in [0.3, 0.4) is 0 Å². The largest absolute Gasteiger partial charge is 0.322 e. The normalized spacial score (nSPS) is 10.2. The van der Waals surface area contributed by atoms with Crippen molar-refractivity contribution >= 4 is 45.8 Å². The third kappa shape index (κ3) is 3.03. The van der Waals surface area contributed by atoms with Gasteiger partial charge in [-0.3, -0.25) is 4.79 Å². The Morgan fingerprint density at radius 2 is 1.94 bits per heavy atom. The molecular weight excluding hydrogens is 361 g/mol. The second-order valence-corrected chi connectivity index (χ2v) is 5.49. The fourth-order valence-corrected chi connectivity index (χ4v) is 2.33. The Balaban J connectivity index is 2.28. The van der Waals surface area contributed by atoms with Crippen LogP contribution in [0, 0.1) is 10.5 Å². The van der Waals surface area contributed by atoms with Crippen molar-refractivity contribution in [2.24, 2.45) is 0 Å². The van der Waals surface area contributed by atoms with Gasteiger partial charge in [-0.1, -0.05) is 29.8 Å². The highest BCUT2D eigenvalue weighted by molar-refractivity contribution is 14.1. The fourth-order valence-electron chi connectivity index (χ4n) is 1.57. The first-order valence-corrected chi connectivity index (χ1v) is 6.85. The van der Waals surface area contributed by atoms with E-state index in [0.29, 0.717) is 10.6 Å². The zero-order valence-corrected chi connectivity index (χ0v) is 12.6. The van der Waals surface area contributed by atoms with Crippen LogP contribution in [0.1, 0.15) is 15.9 Å². The summed E-state index contributed by atoms with van der Waals surface area (Å²) in [4.78, 5) is 12.2. The van der Waals surface area contributed by atoms with Crippen LogP contribution >= 0.6 is 34.2 Å². The molecule has 0 bridgehead atoms.